The predicted molar refractivity (Wildman–Crippen MR) is 139 cm³/mol. The Bertz CT molecular complexity index is 1110. The molecule has 0 amide bonds. The normalized spacial score (nSPS) is 14.7. The zero-order valence-electron chi connectivity index (χ0n) is 21.8. The van der Waals surface area contributed by atoms with E-state index in [1.54, 1.807) is 36.4 Å². The average Bonchev–Trinajstić information content (AvgIpc) is 2.94. The first-order valence-corrected chi connectivity index (χ1v) is 12.0. The molecular formula is C28H34N4O6. The molecule has 1 aromatic carbocycles. The summed E-state index contributed by atoms with van der Waals surface area (Å²) in [5.74, 6) is -1.06. The molecule has 0 aromatic heterocycles. The summed E-state index contributed by atoms with van der Waals surface area (Å²) in [4.78, 5) is 24.3. The minimum atomic E-state index is -1.38. The zero-order chi connectivity index (χ0) is 28.4. The first-order valence-electron chi connectivity index (χ1n) is 12.0. The standard InChI is InChI=1S/C28H34N4O6/c1-4-22(7-5-6-16-33)18-37-25(35)12-14-27(2,20-29)31-32-28(3,21-30)15-13-26(36)38-19-24-10-8-23(17-34)9-11-24/h4-11,33-34H,1,12-19H2,2-3H3/b6-5+,22-7+,32-31?. The molecule has 0 radical (unpaired) electrons. The number of benzene rings is 1. The molecule has 1 aromatic rings. The summed E-state index contributed by atoms with van der Waals surface area (Å²) in [7, 11) is 0. The van der Waals surface area contributed by atoms with Crippen LogP contribution in [0.4, 0.5) is 0 Å². The van der Waals surface area contributed by atoms with E-state index in [0.717, 1.165) is 11.1 Å². The van der Waals surface area contributed by atoms with Crippen molar-refractivity contribution < 1.29 is 29.3 Å². The maximum Gasteiger partial charge on any atom is 0.306 e. The Morgan fingerprint density at radius 2 is 1.50 bits per heavy atom. The largest absolute Gasteiger partial charge is 0.461 e. The highest BCUT2D eigenvalue weighted by atomic mass is 16.5. The molecule has 38 heavy (non-hydrogen) atoms. The van der Waals surface area contributed by atoms with E-state index in [2.05, 4.69) is 16.8 Å². The van der Waals surface area contributed by atoms with Crippen molar-refractivity contribution in [2.75, 3.05) is 13.2 Å². The van der Waals surface area contributed by atoms with Gasteiger partial charge >= 0.3 is 11.9 Å². The number of allylic oxidation sites excluding steroid dienone is 2. The van der Waals surface area contributed by atoms with Gasteiger partial charge in [0.1, 0.15) is 13.2 Å². The number of aliphatic hydroxyl groups excluding tert-OH is 2. The third kappa shape index (κ3) is 12.2. The van der Waals surface area contributed by atoms with E-state index in [1.165, 1.54) is 26.0 Å². The lowest BCUT2D eigenvalue weighted by Gasteiger charge is -2.19. The molecule has 0 saturated heterocycles. The Hall–Kier alpha value is -4.12. The SMILES string of the molecule is C=C/C(=C\C=C\CO)COC(=O)CCC(C)(C#N)N=NC(C)(C#N)CCC(=O)OCc1ccc(CO)cc1. The maximum absolute atomic E-state index is 12.2. The van der Waals surface area contributed by atoms with Crippen LogP contribution < -0.4 is 0 Å². The number of hydrogen-bond donors (Lipinski definition) is 2. The summed E-state index contributed by atoms with van der Waals surface area (Å²) in [5, 5.41) is 45.1. The summed E-state index contributed by atoms with van der Waals surface area (Å²) in [6.07, 6.45) is 6.17. The molecule has 0 bridgehead atoms. The number of azo groups is 1. The second-order valence-electron chi connectivity index (χ2n) is 8.82. The molecule has 1 rings (SSSR count). The van der Waals surface area contributed by atoms with Crippen molar-refractivity contribution in [3.05, 3.63) is 71.8 Å². The highest BCUT2D eigenvalue weighted by molar-refractivity contribution is 5.70. The van der Waals surface area contributed by atoms with Gasteiger partial charge in [0.25, 0.3) is 0 Å². The number of aliphatic hydroxyl groups is 2. The first kappa shape index (κ1) is 31.9. The molecular weight excluding hydrogens is 488 g/mol. The van der Waals surface area contributed by atoms with Gasteiger partial charge in [0.15, 0.2) is 11.1 Å². The third-order valence-electron chi connectivity index (χ3n) is 5.42. The molecule has 0 saturated carbocycles. The summed E-state index contributed by atoms with van der Waals surface area (Å²) in [6, 6.07) is 11.0. The van der Waals surface area contributed by atoms with Gasteiger partial charge in [-0.3, -0.25) is 9.59 Å². The summed E-state index contributed by atoms with van der Waals surface area (Å²) in [5.41, 5.74) is -0.602. The lowest BCUT2D eigenvalue weighted by Crippen LogP contribution is -2.25. The number of hydrogen-bond acceptors (Lipinski definition) is 10. The second-order valence-corrected chi connectivity index (χ2v) is 8.82. The number of carbonyl (C=O) groups excluding carboxylic acids is 2. The minimum Gasteiger partial charge on any atom is -0.461 e. The van der Waals surface area contributed by atoms with E-state index in [1.807, 2.05) is 12.1 Å². The quantitative estimate of drug-likeness (QED) is 0.187. The van der Waals surface area contributed by atoms with Gasteiger partial charge in [-0.05, 0) is 43.4 Å². The molecule has 0 aliphatic carbocycles. The van der Waals surface area contributed by atoms with Crippen molar-refractivity contribution in [3.8, 4) is 12.1 Å². The van der Waals surface area contributed by atoms with Gasteiger partial charge in [0, 0.05) is 12.8 Å². The van der Waals surface area contributed by atoms with Gasteiger partial charge in [-0.1, -0.05) is 55.1 Å². The van der Waals surface area contributed by atoms with Crippen LogP contribution in [0.3, 0.4) is 0 Å². The van der Waals surface area contributed by atoms with E-state index >= 15 is 0 Å². The zero-order valence-corrected chi connectivity index (χ0v) is 21.8. The van der Waals surface area contributed by atoms with Crippen molar-refractivity contribution in [2.24, 2.45) is 10.2 Å². The Kier molecular flexibility index (Phi) is 13.9. The number of nitriles is 2. The van der Waals surface area contributed by atoms with E-state index in [4.69, 9.17) is 19.7 Å². The van der Waals surface area contributed by atoms with Crippen molar-refractivity contribution in [1.82, 2.24) is 0 Å². The lowest BCUT2D eigenvalue weighted by atomic mass is 9.97. The fourth-order valence-corrected chi connectivity index (χ4v) is 2.81. The molecule has 202 valence electrons. The molecule has 2 atom stereocenters. The van der Waals surface area contributed by atoms with Gasteiger partial charge < -0.3 is 19.7 Å². The number of carbonyl (C=O) groups is 2. The third-order valence-corrected chi connectivity index (χ3v) is 5.42. The molecule has 0 spiro atoms. The Labute approximate surface area is 223 Å². The molecule has 0 aliphatic heterocycles. The molecule has 0 heterocycles. The number of esters is 2. The average molecular weight is 523 g/mol. The monoisotopic (exact) mass is 522 g/mol. The minimum absolute atomic E-state index is 0.0144. The highest BCUT2D eigenvalue weighted by Crippen LogP contribution is 2.24. The highest BCUT2D eigenvalue weighted by Gasteiger charge is 2.30. The van der Waals surface area contributed by atoms with Crippen molar-refractivity contribution in [2.45, 2.75) is 63.8 Å². The molecule has 10 nitrogen and oxygen atoms in total. The van der Waals surface area contributed by atoms with E-state index in [0.29, 0.717) is 5.57 Å². The molecule has 0 fully saturated rings. The van der Waals surface area contributed by atoms with Crippen LogP contribution in [0.15, 0.2) is 71.0 Å². The Morgan fingerprint density at radius 3 is 1.97 bits per heavy atom. The summed E-state index contributed by atoms with van der Waals surface area (Å²) in [6.45, 7) is 6.48. The maximum atomic E-state index is 12.2. The van der Waals surface area contributed by atoms with Crippen molar-refractivity contribution in [3.63, 3.8) is 0 Å². The van der Waals surface area contributed by atoms with Crippen LogP contribution in [0.25, 0.3) is 0 Å². The van der Waals surface area contributed by atoms with E-state index in [-0.39, 0.29) is 52.1 Å². The van der Waals surface area contributed by atoms with Gasteiger partial charge in [0.2, 0.25) is 0 Å². The van der Waals surface area contributed by atoms with Gasteiger partial charge in [-0.15, -0.1) is 0 Å². The lowest BCUT2D eigenvalue weighted by molar-refractivity contribution is -0.145. The second kappa shape index (κ2) is 16.6. The Balaban J connectivity index is 2.61. The van der Waals surface area contributed by atoms with Crippen LogP contribution in [0, 0.1) is 22.7 Å². The van der Waals surface area contributed by atoms with Crippen molar-refractivity contribution in [1.29, 1.82) is 10.5 Å². The van der Waals surface area contributed by atoms with E-state index < -0.39 is 23.0 Å². The number of nitrogens with zero attached hydrogens (tertiary/aromatic N) is 4. The molecule has 0 aliphatic rings. The molecule has 2 N–H and O–H groups in total. The van der Waals surface area contributed by atoms with Gasteiger partial charge in [-0.25, -0.2) is 0 Å². The van der Waals surface area contributed by atoms with Crippen LogP contribution in [-0.4, -0.2) is 46.4 Å². The van der Waals surface area contributed by atoms with Gasteiger partial charge in [-0.2, -0.15) is 20.8 Å². The fraction of sp³-hybridized carbons (Fsp3) is 0.429. The first-order chi connectivity index (χ1) is 18.1. The molecule has 2 unspecified atom stereocenters. The fourth-order valence-electron chi connectivity index (χ4n) is 2.81. The van der Waals surface area contributed by atoms with E-state index in [9.17, 15) is 20.1 Å². The number of ether oxygens (including phenoxy) is 2. The van der Waals surface area contributed by atoms with Crippen LogP contribution in [0.2, 0.25) is 0 Å². The van der Waals surface area contributed by atoms with Gasteiger partial charge in [0.05, 0.1) is 25.4 Å². The summed E-state index contributed by atoms with van der Waals surface area (Å²) < 4.78 is 10.4. The van der Waals surface area contributed by atoms with Crippen molar-refractivity contribution >= 4 is 11.9 Å². The topological polar surface area (TPSA) is 165 Å². The predicted octanol–water partition coefficient (Wildman–Crippen LogP) is 4.00. The van der Waals surface area contributed by atoms with Crippen LogP contribution in [0.1, 0.15) is 50.7 Å². The van der Waals surface area contributed by atoms with Crippen LogP contribution in [-0.2, 0) is 32.3 Å². The summed E-state index contributed by atoms with van der Waals surface area (Å²) >= 11 is 0. The molecule has 10 heteroatoms. The smallest absolute Gasteiger partial charge is 0.306 e. The Morgan fingerprint density at radius 1 is 0.974 bits per heavy atom. The van der Waals surface area contributed by atoms with Crippen LogP contribution >= 0.6 is 0 Å². The van der Waals surface area contributed by atoms with Crippen LogP contribution in [0.5, 0.6) is 0 Å². The number of rotatable bonds is 16.